The number of carbonyl (C=O) groups is 1. The normalized spacial score (nSPS) is 17.5. The Kier molecular flexibility index (Phi) is 5.91. The van der Waals surface area contributed by atoms with Crippen LogP contribution in [0.5, 0.6) is 0 Å². The number of amides is 1. The van der Waals surface area contributed by atoms with E-state index in [1.807, 2.05) is 0 Å². The molecular formula is C10H19F3N2O2. The summed E-state index contributed by atoms with van der Waals surface area (Å²) >= 11 is 0. The van der Waals surface area contributed by atoms with E-state index in [0.717, 1.165) is 6.92 Å². The Bertz CT molecular complexity index is 254. The van der Waals surface area contributed by atoms with E-state index in [1.165, 1.54) is 6.92 Å². The molecule has 0 rings (SSSR count). The van der Waals surface area contributed by atoms with Gasteiger partial charge >= 0.3 is 6.18 Å². The summed E-state index contributed by atoms with van der Waals surface area (Å²) in [4.78, 5) is 10.8. The van der Waals surface area contributed by atoms with Gasteiger partial charge in [0, 0.05) is 6.61 Å². The highest BCUT2D eigenvalue weighted by Crippen LogP contribution is 2.22. The van der Waals surface area contributed by atoms with Crippen LogP contribution in [-0.4, -0.2) is 30.3 Å². The molecule has 0 saturated heterocycles. The molecule has 0 heterocycles. The van der Waals surface area contributed by atoms with Crippen molar-refractivity contribution in [3.63, 3.8) is 0 Å². The molecule has 0 bridgehead atoms. The molecule has 0 aromatic heterocycles. The summed E-state index contributed by atoms with van der Waals surface area (Å²) in [6, 6.07) is 0. The van der Waals surface area contributed by atoms with Crippen LogP contribution < -0.4 is 11.5 Å². The topological polar surface area (TPSA) is 78.3 Å². The second-order valence-corrected chi connectivity index (χ2v) is 4.29. The quantitative estimate of drug-likeness (QED) is 0.674. The molecule has 0 aromatic carbocycles. The van der Waals surface area contributed by atoms with Crippen LogP contribution >= 0.6 is 0 Å². The molecule has 2 unspecified atom stereocenters. The molecule has 0 aliphatic rings. The van der Waals surface area contributed by atoms with E-state index in [1.54, 1.807) is 0 Å². The lowest BCUT2D eigenvalue weighted by Gasteiger charge is -2.20. The van der Waals surface area contributed by atoms with Crippen molar-refractivity contribution in [1.82, 2.24) is 0 Å². The maximum absolute atomic E-state index is 12.0. The second-order valence-electron chi connectivity index (χ2n) is 4.29. The largest absolute Gasteiger partial charge is 0.414 e. The van der Waals surface area contributed by atoms with Crippen LogP contribution in [0.1, 0.15) is 33.1 Å². The summed E-state index contributed by atoms with van der Waals surface area (Å²) in [6.45, 7) is 2.43. The van der Waals surface area contributed by atoms with Gasteiger partial charge in [0.15, 0.2) is 6.10 Å². The number of nitrogens with two attached hydrogens (primary N) is 2. The fourth-order valence-corrected chi connectivity index (χ4v) is 1.07. The van der Waals surface area contributed by atoms with Gasteiger partial charge in [-0.25, -0.2) is 0 Å². The molecule has 7 heteroatoms. The molecule has 0 aliphatic carbocycles. The van der Waals surface area contributed by atoms with Gasteiger partial charge in [0.2, 0.25) is 5.91 Å². The van der Waals surface area contributed by atoms with Crippen LogP contribution in [-0.2, 0) is 9.53 Å². The van der Waals surface area contributed by atoms with Gasteiger partial charge in [0.05, 0.1) is 5.54 Å². The summed E-state index contributed by atoms with van der Waals surface area (Å²) in [7, 11) is 0. The monoisotopic (exact) mass is 256 g/mol. The SMILES string of the molecule is CC(OCCCCC(C)(N)C(N)=O)C(F)(F)F. The molecule has 2 atom stereocenters. The van der Waals surface area contributed by atoms with Gasteiger partial charge in [0.1, 0.15) is 0 Å². The van der Waals surface area contributed by atoms with Crippen LogP contribution in [0.15, 0.2) is 0 Å². The summed E-state index contributed by atoms with van der Waals surface area (Å²) in [6.07, 6.45) is -4.90. The second kappa shape index (κ2) is 6.20. The Hall–Kier alpha value is -0.820. The van der Waals surface area contributed by atoms with Crippen molar-refractivity contribution >= 4 is 5.91 Å². The number of ether oxygens (including phenoxy) is 1. The average Bonchev–Trinajstić information content (AvgIpc) is 2.15. The lowest BCUT2D eigenvalue weighted by Crippen LogP contribution is -2.49. The molecule has 0 saturated carbocycles. The molecule has 102 valence electrons. The van der Waals surface area contributed by atoms with Crippen molar-refractivity contribution in [3.8, 4) is 0 Å². The smallest absolute Gasteiger partial charge is 0.369 e. The first kappa shape index (κ1) is 16.2. The molecule has 17 heavy (non-hydrogen) atoms. The first-order valence-electron chi connectivity index (χ1n) is 5.34. The highest BCUT2D eigenvalue weighted by Gasteiger charge is 2.36. The lowest BCUT2D eigenvalue weighted by molar-refractivity contribution is -0.214. The van der Waals surface area contributed by atoms with E-state index in [9.17, 15) is 18.0 Å². The van der Waals surface area contributed by atoms with Gasteiger partial charge < -0.3 is 16.2 Å². The third kappa shape index (κ3) is 6.48. The molecule has 1 amide bonds. The van der Waals surface area contributed by atoms with E-state index in [2.05, 4.69) is 4.74 Å². The van der Waals surface area contributed by atoms with Crippen molar-refractivity contribution in [2.24, 2.45) is 11.5 Å². The number of hydrogen-bond donors (Lipinski definition) is 2. The summed E-state index contributed by atoms with van der Waals surface area (Å²) in [5, 5.41) is 0. The number of alkyl halides is 3. The van der Waals surface area contributed by atoms with Crippen molar-refractivity contribution in [2.45, 2.75) is 50.9 Å². The zero-order valence-electron chi connectivity index (χ0n) is 10.0. The van der Waals surface area contributed by atoms with Crippen molar-refractivity contribution in [1.29, 1.82) is 0 Å². The predicted molar refractivity (Wildman–Crippen MR) is 57.1 cm³/mol. The number of unbranched alkanes of at least 4 members (excludes halogenated alkanes) is 1. The highest BCUT2D eigenvalue weighted by atomic mass is 19.4. The zero-order chi connectivity index (χ0) is 13.7. The van der Waals surface area contributed by atoms with Crippen molar-refractivity contribution in [2.75, 3.05) is 6.61 Å². The number of rotatable bonds is 7. The van der Waals surface area contributed by atoms with Gasteiger partial charge in [-0.15, -0.1) is 0 Å². The van der Waals surface area contributed by atoms with Gasteiger partial charge in [-0.1, -0.05) is 0 Å². The minimum Gasteiger partial charge on any atom is -0.369 e. The first-order valence-corrected chi connectivity index (χ1v) is 5.34. The lowest BCUT2D eigenvalue weighted by atomic mass is 9.96. The standard InChI is InChI=1S/C10H19F3N2O2/c1-7(10(11,12)13)17-6-4-3-5-9(2,15)8(14)16/h7H,3-6,15H2,1-2H3,(H2,14,16). The van der Waals surface area contributed by atoms with E-state index in [0.29, 0.717) is 19.3 Å². The van der Waals surface area contributed by atoms with Crippen LogP contribution in [0, 0.1) is 0 Å². The minimum atomic E-state index is -4.34. The molecule has 0 aromatic rings. The third-order valence-corrected chi connectivity index (χ3v) is 2.48. The van der Waals surface area contributed by atoms with Crippen LogP contribution in [0.25, 0.3) is 0 Å². The van der Waals surface area contributed by atoms with E-state index >= 15 is 0 Å². The highest BCUT2D eigenvalue weighted by molar-refractivity contribution is 5.83. The molecule has 4 N–H and O–H groups in total. The Balaban J connectivity index is 3.71. The Morgan fingerprint density at radius 1 is 1.35 bits per heavy atom. The van der Waals surface area contributed by atoms with Crippen LogP contribution in [0.3, 0.4) is 0 Å². The molecule has 0 radical (unpaired) electrons. The van der Waals surface area contributed by atoms with Crippen LogP contribution in [0.2, 0.25) is 0 Å². The maximum atomic E-state index is 12.0. The van der Waals surface area contributed by atoms with E-state index in [4.69, 9.17) is 11.5 Å². The van der Waals surface area contributed by atoms with E-state index in [-0.39, 0.29) is 6.61 Å². The van der Waals surface area contributed by atoms with Gasteiger partial charge in [-0.05, 0) is 33.1 Å². The van der Waals surface area contributed by atoms with Crippen molar-refractivity contribution in [3.05, 3.63) is 0 Å². The Labute approximate surface area is 98.5 Å². The fourth-order valence-electron chi connectivity index (χ4n) is 1.07. The molecule has 0 spiro atoms. The number of primary amides is 1. The Morgan fingerprint density at radius 3 is 2.29 bits per heavy atom. The predicted octanol–water partition coefficient (Wildman–Crippen LogP) is 1.33. The zero-order valence-corrected chi connectivity index (χ0v) is 10.0. The summed E-state index contributed by atoms with van der Waals surface area (Å²) < 4.78 is 40.7. The number of halogens is 3. The number of carbonyl (C=O) groups excluding carboxylic acids is 1. The summed E-state index contributed by atoms with van der Waals surface area (Å²) in [5.41, 5.74) is 9.51. The fraction of sp³-hybridized carbons (Fsp3) is 0.900. The van der Waals surface area contributed by atoms with Gasteiger partial charge in [-0.3, -0.25) is 4.79 Å². The molecule has 0 aliphatic heterocycles. The Morgan fingerprint density at radius 2 is 1.88 bits per heavy atom. The van der Waals surface area contributed by atoms with Crippen LogP contribution in [0.4, 0.5) is 13.2 Å². The number of hydrogen-bond acceptors (Lipinski definition) is 3. The van der Waals surface area contributed by atoms with Gasteiger partial charge in [0.25, 0.3) is 0 Å². The first-order chi connectivity index (χ1) is 7.57. The summed E-state index contributed by atoms with van der Waals surface area (Å²) in [5.74, 6) is -0.623. The van der Waals surface area contributed by atoms with Crippen molar-refractivity contribution < 1.29 is 22.7 Å². The molecule has 4 nitrogen and oxygen atoms in total. The minimum absolute atomic E-state index is 0.0183. The van der Waals surface area contributed by atoms with E-state index < -0.39 is 23.7 Å². The third-order valence-electron chi connectivity index (χ3n) is 2.48. The average molecular weight is 256 g/mol. The molecular weight excluding hydrogens is 237 g/mol. The van der Waals surface area contributed by atoms with Gasteiger partial charge in [-0.2, -0.15) is 13.2 Å². The maximum Gasteiger partial charge on any atom is 0.414 e. The molecule has 0 fully saturated rings.